The summed E-state index contributed by atoms with van der Waals surface area (Å²) in [5.41, 5.74) is 0.997. The first kappa shape index (κ1) is 9.74. The zero-order valence-corrected chi connectivity index (χ0v) is 9.65. The van der Waals surface area contributed by atoms with Crippen LogP contribution >= 0.6 is 27.5 Å². The molecule has 4 heteroatoms. The molecule has 0 aliphatic rings. The maximum atomic E-state index is 11.3. The fraction of sp³-hybridized carbons (Fsp3) is 0.100. The molecule has 2 nitrogen and oxygen atoms in total. The normalized spacial score (nSPS) is 10.8. The number of hydrogen-bond acceptors (Lipinski definition) is 2. The summed E-state index contributed by atoms with van der Waals surface area (Å²) >= 11 is 9.08. The van der Waals surface area contributed by atoms with Gasteiger partial charge < -0.3 is 4.42 Å². The number of para-hydroxylation sites is 1. The Bertz CT molecular complexity index is 560. The molecule has 0 N–H and O–H groups in total. The Morgan fingerprint density at radius 2 is 2.14 bits per heavy atom. The lowest BCUT2D eigenvalue weighted by molar-refractivity contribution is 0.554. The lowest BCUT2D eigenvalue weighted by Crippen LogP contribution is -2.00. The molecule has 1 heterocycles. The summed E-state index contributed by atoms with van der Waals surface area (Å²) in [6, 6.07) is 5.56. The third kappa shape index (κ3) is 1.37. The summed E-state index contributed by atoms with van der Waals surface area (Å²) in [6.45, 7) is 1.87. The number of hydrogen-bond donors (Lipinski definition) is 0. The minimum atomic E-state index is -0.447. The van der Waals surface area contributed by atoms with Crippen LogP contribution in [0.3, 0.4) is 0 Å². The Morgan fingerprint density at radius 1 is 1.43 bits per heavy atom. The van der Waals surface area contributed by atoms with E-state index in [4.69, 9.17) is 16.0 Å². The minimum Gasteiger partial charge on any atom is -0.422 e. The Balaban J connectivity index is 3.06. The van der Waals surface area contributed by atoms with Gasteiger partial charge in [-0.1, -0.05) is 23.7 Å². The Labute approximate surface area is 93.6 Å². The highest BCUT2D eigenvalue weighted by molar-refractivity contribution is 9.10. The van der Waals surface area contributed by atoms with Crippen molar-refractivity contribution in [3.63, 3.8) is 0 Å². The third-order valence-electron chi connectivity index (χ3n) is 2.02. The molecule has 14 heavy (non-hydrogen) atoms. The van der Waals surface area contributed by atoms with Crippen molar-refractivity contribution in [2.45, 2.75) is 6.92 Å². The summed E-state index contributed by atoms with van der Waals surface area (Å²) in [6.07, 6.45) is 0. The number of benzene rings is 1. The SMILES string of the molecule is Cc1cccc2c(Cl)c(Br)c(=O)oc12. The fourth-order valence-corrected chi connectivity index (χ4v) is 1.83. The predicted molar refractivity (Wildman–Crippen MR) is 59.9 cm³/mol. The van der Waals surface area contributed by atoms with Gasteiger partial charge in [-0.3, -0.25) is 0 Å². The number of rotatable bonds is 0. The standard InChI is InChI=1S/C10H6BrClO2/c1-5-3-2-4-6-8(12)7(11)10(13)14-9(5)6/h2-4H,1H3. The van der Waals surface area contributed by atoms with E-state index < -0.39 is 5.63 Å². The molecule has 1 aromatic heterocycles. The molecule has 0 saturated heterocycles. The van der Waals surface area contributed by atoms with E-state index in [1.165, 1.54) is 0 Å². The van der Waals surface area contributed by atoms with Gasteiger partial charge >= 0.3 is 5.63 Å². The summed E-state index contributed by atoms with van der Waals surface area (Å²) in [4.78, 5) is 11.3. The molecular weight excluding hydrogens is 267 g/mol. The zero-order chi connectivity index (χ0) is 10.3. The van der Waals surface area contributed by atoms with Crippen LogP contribution in [0.5, 0.6) is 0 Å². The maximum absolute atomic E-state index is 11.3. The highest BCUT2D eigenvalue weighted by Crippen LogP contribution is 2.29. The molecule has 0 saturated carbocycles. The molecule has 72 valence electrons. The fourth-order valence-electron chi connectivity index (χ4n) is 1.31. The highest BCUT2D eigenvalue weighted by atomic mass is 79.9. The third-order valence-corrected chi connectivity index (χ3v) is 3.36. The second-order valence-electron chi connectivity index (χ2n) is 2.97. The van der Waals surface area contributed by atoms with E-state index in [9.17, 15) is 4.79 Å². The first-order valence-electron chi connectivity index (χ1n) is 3.98. The summed E-state index contributed by atoms with van der Waals surface area (Å²) in [7, 11) is 0. The van der Waals surface area contributed by atoms with Crippen LogP contribution in [-0.4, -0.2) is 0 Å². The van der Waals surface area contributed by atoms with E-state index in [1.54, 1.807) is 0 Å². The van der Waals surface area contributed by atoms with Crippen molar-refractivity contribution >= 4 is 38.5 Å². The van der Waals surface area contributed by atoms with E-state index in [0.29, 0.717) is 10.6 Å². The molecule has 0 spiro atoms. The second kappa shape index (κ2) is 3.41. The van der Waals surface area contributed by atoms with Crippen LogP contribution in [0.2, 0.25) is 5.02 Å². The summed E-state index contributed by atoms with van der Waals surface area (Å²) < 4.78 is 5.39. The monoisotopic (exact) mass is 272 g/mol. The first-order chi connectivity index (χ1) is 6.61. The average molecular weight is 274 g/mol. The van der Waals surface area contributed by atoms with Crippen LogP contribution in [-0.2, 0) is 0 Å². The highest BCUT2D eigenvalue weighted by Gasteiger charge is 2.10. The topological polar surface area (TPSA) is 30.2 Å². The van der Waals surface area contributed by atoms with Crippen molar-refractivity contribution in [3.8, 4) is 0 Å². The molecule has 2 rings (SSSR count). The number of aryl methyl sites for hydroxylation is 1. The molecule has 0 amide bonds. The van der Waals surface area contributed by atoms with Gasteiger partial charge in [-0.15, -0.1) is 0 Å². The van der Waals surface area contributed by atoms with Crippen LogP contribution in [0.15, 0.2) is 31.9 Å². The zero-order valence-electron chi connectivity index (χ0n) is 7.30. The maximum Gasteiger partial charge on any atom is 0.352 e. The van der Waals surface area contributed by atoms with Crippen molar-refractivity contribution in [3.05, 3.63) is 43.7 Å². The Morgan fingerprint density at radius 3 is 2.86 bits per heavy atom. The lowest BCUT2D eigenvalue weighted by Gasteiger charge is -2.02. The van der Waals surface area contributed by atoms with Crippen LogP contribution < -0.4 is 5.63 Å². The van der Waals surface area contributed by atoms with Gasteiger partial charge in [-0.2, -0.15) is 0 Å². The number of fused-ring (bicyclic) bond motifs is 1. The van der Waals surface area contributed by atoms with Gasteiger partial charge in [0.05, 0.1) is 5.02 Å². The van der Waals surface area contributed by atoms with Crippen molar-refractivity contribution in [2.24, 2.45) is 0 Å². The van der Waals surface area contributed by atoms with Crippen molar-refractivity contribution in [1.29, 1.82) is 0 Å². The second-order valence-corrected chi connectivity index (χ2v) is 4.14. The quantitative estimate of drug-likeness (QED) is 0.688. The van der Waals surface area contributed by atoms with Crippen molar-refractivity contribution in [1.82, 2.24) is 0 Å². The molecule has 0 radical (unpaired) electrons. The molecule has 0 aliphatic carbocycles. The Hall–Kier alpha value is -0.800. The van der Waals surface area contributed by atoms with Gasteiger partial charge in [0.15, 0.2) is 0 Å². The predicted octanol–water partition coefficient (Wildman–Crippen LogP) is 3.52. The van der Waals surface area contributed by atoms with Gasteiger partial charge in [-0.05, 0) is 34.5 Å². The van der Waals surface area contributed by atoms with E-state index in [0.717, 1.165) is 10.9 Å². The molecule has 0 bridgehead atoms. The van der Waals surface area contributed by atoms with Gasteiger partial charge in [0.2, 0.25) is 0 Å². The van der Waals surface area contributed by atoms with E-state index in [1.807, 2.05) is 25.1 Å². The van der Waals surface area contributed by atoms with Crippen LogP contribution in [0.1, 0.15) is 5.56 Å². The van der Waals surface area contributed by atoms with Crippen LogP contribution in [0, 0.1) is 6.92 Å². The van der Waals surface area contributed by atoms with Gasteiger partial charge in [0.25, 0.3) is 0 Å². The summed E-state index contributed by atoms with van der Waals surface area (Å²) in [5.74, 6) is 0. The Kier molecular flexibility index (Phi) is 2.37. The molecule has 0 atom stereocenters. The molecule has 0 unspecified atom stereocenters. The van der Waals surface area contributed by atoms with Gasteiger partial charge in [0.1, 0.15) is 10.1 Å². The smallest absolute Gasteiger partial charge is 0.352 e. The lowest BCUT2D eigenvalue weighted by atomic mass is 10.1. The summed E-state index contributed by atoms with van der Waals surface area (Å²) in [5, 5.41) is 1.15. The minimum absolute atomic E-state index is 0.275. The molecule has 0 fully saturated rings. The van der Waals surface area contributed by atoms with Crippen LogP contribution in [0.25, 0.3) is 11.0 Å². The molecule has 1 aromatic carbocycles. The molecule has 2 aromatic rings. The molecular formula is C10H6BrClO2. The van der Waals surface area contributed by atoms with E-state index >= 15 is 0 Å². The van der Waals surface area contributed by atoms with Crippen molar-refractivity contribution in [2.75, 3.05) is 0 Å². The van der Waals surface area contributed by atoms with Gasteiger partial charge in [-0.25, -0.2) is 4.79 Å². The van der Waals surface area contributed by atoms with Gasteiger partial charge in [0, 0.05) is 5.39 Å². The first-order valence-corrected chi connectivity index (χ1v) is 5.16. The van der Waals surface area contributed by atoms with Crippen molar-refractivity contribution < 1.29 is 4.42 Å². The number of halogens is 2. The van der Waals surface area contributed by atoms with E-state index in [-0.39, 0.29) is 4.47 Å². The largest absolute Gasteiger partial charge is 0.422 e. The average Bonchev–Trinajstić information content (AvgIpc) is 2.17. The van der Waals surface area contributed by atoms with E-state index in [2.05, 4.69) is 15.9 Å². The molecule has 0 aliphatic heterocycles. The van der Waals surface area contributed by atoms with Crippen LogP contribution in [0.4, 0.5) is 0 Å².